The van der Waals surface area contributed by atoms with Gasteiger partial charge in [0.2, 0.25) is 0 Å². The maximum atomic E-state index is 12.0. The first kappa shape index (κ1) is 17.8. The van der Waals surface area contributed by atoms with Crippen molar-refractivity contribution >= 4 is 23.7 Å². The van der Waals surface area contributed by atoms with Crippen molar-refractivity contribution in [2.24, 2.45) is 5.10 Å². The summed E-state index contributed by atoms with van der Waals surface area (Å²) in [6.45, 7) is 4.00. The molecular weight excluding hydrogens is 350 g/mol. The van der Waals surface area contributed by atoms with E-state index in [0.29, 0.717) is 10.6 Å². The van der Waals surface area contributed by atoms with Crippen LogP contribution in [0.2, 0.25) is 5.02 Å². The average Bonchev–Trinajstić information content (AvgIpc) is 2.90. The molecule has 2 N–H and O–H groups in total. The Bertz CT molecular complexity index is 958. The topological polar surface area (TPSA) is 66.6 Å². The number of halogens is 1. The van der Waals surface area contributed by atoms with Gasteiger partial charge in [0.25, 0.3) is 5.91 Å². The summed E-state index contributed by atoms with van der Waals surface area (Å²) in [5.41, 5.74) is 6.89. The summed E-state index contributed by atoms with van der Waals surface area (Å²) in [4.78, 5) is 12.0. The molecule has 132 valence electrons. The van der Waals surface area contributed by atoms with E-state index in [2.05, 4.69) is 15.1 Å². The van der Waals surface area contributed by atoms with Gasteiger partial charge in [-0.15, -0.1) is 0 Å². The molecule has 0 aliphatic rings. The molecule has 0 atom stereocenters. The van der Waals surface area contributed by atoms with Crippen LogP contribution in [0.4, 0.5) is 0 Å². The highest BCUT2D eigenvalue weighted by Crippen LogP contribution is 2.21. The van der Waals surface area contributed by atoms with E-state index in [9.17, 15) is 9.90 Å². The van der Waals surface area contributed by atoms with Crippen LogP contribution in [0.15, 0.2) is 59.7 Å². The molecule has 0 bridgehead atoms. The largest absolute Gasteiger partial charge is 0.508 e. The van der Waals surface area contributed by atoms with Crippen LogP contribution >= 0.6 is 11.6 Å². The molecular formula is C20H18ClN3O2. The van der Waals surface area contributed by atoms with E-state index in [-0.39, 0.29) is 11.7 Å². The Kier molecular flexibility index (Phi) is 5.09. The molecule has 1 aromatic heterocycles. The van der Waals surface area contributed by atoms with Crippen molar-refractivity contribution in [1.29, 1.82) is 0 Å². The maximum absolute atomic E-state index is 12.0. The molecule has 0 radical (unpaired) electrons. The summed E-state index contributed by atoms with van der Waals surface area (Å²) in [6, 6.07) is 15.6. The Morgan fingerprint density at radius 1 is 1.12 bits per heavy atom. The molecule has 0 fully saturated rings. The third kappa shape index (κ3) is 3.78. The minimum absolute atomic E-state index is 0.111. The summed E-state index contributed by atoms with van der Waals surface area (Å²) >= 11 is 5.96. The number of aryl methyl sites for hydroxylation is 1. The van der Waals surface area contributed by atoms with Crippen molar-refractivity contribution in [3.05, 3.63) is 82.1 Å². The van der Waals surface area contributed by atoms with E-state index in [4.69, 9.17) is 11.6 Å². The van der Waals surface area contributed by atoms with Gasteiger partial charge in [-0.1, -0.05) is 11.6 Å². The molecule has 26 heavy (non-hydrogen) atoms. The van der Waals surface area contributed by atoms with E-state index >= 15 is 0 Å². The quantitative estimate of drug-likeness (QED) is 0.535. The lowest BCUT2D eigenvalue weighted by Crippen LogP contribution is -2.17. The number of carbonyl (C=O) groups excluding carboxylic acids is 1. The standard InChI is InChI=1S/C20H18ClN3O2/c1-13-11-16(14(2)24(13)18-7-5-17(21)6-8-18)12-22-23-20(26)15-3-9-19(25)10-4-15/h3-12,25H,1-2H3,(H,23,26)/b22-12+. The number of aromatic nitrogens is 1. The van der Waals surface area contributed by atoms with Crippen LogP contribution in [0.5, 0.6) is 5.75 Å². The first-order valence-electron chi connectivity index (χ1n) is 8.03. The van der Waals surface area contributed by atoms with Gasteiger partial charge in [-0.2, -0.15) is 5.10 Å². The second-order valence-corrected chi connectivity index (χ2v) is 6.32. The molecule has 2 aromatic carbocycles. The first-order valence-corrected chi connectivity index (χ1v) is 8.41. The van der Waals surface area contributed by atoms with Crippen molar-refractivity contribution in [3.8, 4) is 11.4 Å². The zero-order chi connectivity index (χ0) is 18.7. The van der Waals surface area contributed by atoms with Gasteiger partial charge in [0.05, 0.1) is 6.21 Å². The van der Waals surface area contributed by atoms with Crippen LogP contribution in [0.3, 0.4) is 0 Å². The molecule has 3 aromatic rings. The van der Waals surface area contributed by atoms with Crippen molar-refractivity contribution < 1.29 is 9.90 Å². The van der Waals surface area contributed by atoms with Gasteiger partial charge in [-0.25, -0.2) is 5.43 Å². The molecule has 0 unspecified atom stereocenters. The minimum atomic E-state index is -0.340. The molecule has 1 amide bonds. The molecule has 0 spiro atoms. The Morgan fingerprint density at radius 2 is 1.77 bits per heavy atom. The summed E-state index contributed by atoms with van der Waals surface area (Å²) in [7, 11) is 0. The zero-order valence-electron chi connectivity index (χ0n) is 14.4. The Morgan fingerprint density at radius 3 is 2.42 bits per heavy atom. The zero-order valence-corrected chi connectivity index (χ0v) is 15.2. The van der Waals surface area contributed by atoms with Crippen molar-refractivity contribution in [2.45, 2.75) is 13.8 Å². The fourth-order valence-corrected chi connectivity index (χ4v) is 2.87. The number of hydrogen-bond acceptors (Lipinski definition) is 3. The van der Waals surface area contributed by atoms with Gasteiger partial charge >= 0.3 is 0 Å². The fraction of sp³-hybridized carbons (Fsp3) is 0.100. The molecule has 0 saturated heterocycles. The van der Waals surface area contributed by atoms with E-state index in [1.165, 1.54) is 24.3 Å². The second kappa shape index (κ2) is 7.45. The van der Waals surface area contributed by atoms with Gasteiger partial charge in [-0.3, -0.25) is 4.79 Å². The molecule has 6 heteroatoms. The van der Waals surface area contributed by atoms with E-state index in [1.54, 1.807) is 6.21 Å². The van der Waals surface area contributed by atoms with E-state index in [1.807, 2.05) is 44.2 Å². The fourth-order valence-electron chi connectivity index (χ4n) is 2.74. The molecule has 5 nitrogen and oxygen atoms in total. The van der Waals surface area contributed by atoms with E-state index in [0.717, 1.165) is 22.6 Å². The van der Waals surface area contributed by atoms with Crippen LogP contribution in [0.25, 0.3) is 5.69 Å². The molecule has 0 aliphatic heterocycles. The first-order chi connectivity index (χ1) is 12.5. The van der Waals surface area contributed by atoms with Gasteiger partial charge < -0.3 is 9.67 Å². The van der Waals surface area contributed by atoms with Gasteiger partial charge in [-0.05, 0) is 68.4 Å². The number of nitrogens with zero attached hydrogens (tertiary/aromatic N) is 2. The van der Waals surface area contributed by atoms with Gasteiger partial charge in [0, 0.05) is 33.2 Å². The van der Waals surface area contributed by atoms with Crippen molar-refractivity contribution in [2.75, 3.05) is 0 Å². The summed E-state index contributed by atoms with van der Waals surface area (Å²) < 4.78 is 2.10. The number of carbonyl (C=O) groups is 1. The van der Waals surface area contributed by atoms with Gasteiger partial charge in [0.15, 0.2) is 0 Å². The highest BCUT2D eigenvalue weighted by atomic mass is 35.5. The number of benzene rings is 2. The monoisotopic (exact) mass is 367 g/mol. The van der Waals surface area contributed by atoms with E-state index < -0.39 is 0 Å². The molecule has 0 aliphatic carbocycles. The van der Waals surface area contributed by atoms with Crippen LogP contribution in [0.1, 0.15) is 27.3 Å². The summed E-state index contributed by atoms with van der Waals surface area (Å²) in [5, 5.41) is 14.0. The lowest BCUT2D eigenvalue weighted by atomic mass is 10.2. The van der Waals surface area contributed by atoms with Crippen molar-refractivity contribution in [3.63, 3.8) is 0 Å². The van der Waals surface area contributed by atoms with Crippen LogP contribution in [0, 0.1) is 13.8 Å². The smallest absolute Gasteiger partial charge is 0.271 e. The number of hydrogen-bond donors (Lipinski definition) is 2. The Hall–Kier alpha value is -3.05. The number of phenolic OH excluding ortho intramolecular Hbond substituents is 1. The SMILES string of the molecule is Cc1cc(/C=N/NC(=O)c2ccc(O)cc2)c(C)n1-c1ccc(Cl)cc1. The number of rotatable bonds is 4. The van der Waals surface area contributed by atoms with Crippen LogP contribution in [-0.4, -0.2) is 21.8 Å². The van der Waals surface area contributed by atoms with Crippen LogP contribution < -0.4 is 5.43 Å². The summed E-state index contributed by atoms with van der Waals surface area (Å²) in [5.74, 6) is -0.229. The summed E-state index contributed by atoms with van der Waals surface area (Å²) in [6.07, 6.45) is 1.62. The lowest BCUT2D eigenvalue weighted by Gasteiger charge is -2.09. The Balaban J connectivity index is 1.77. The molecule has 3 rings (SSSR count). The highest BCUT2D eigenvalue weighted by Gasteiger charge is 2.10. The number of hydrazone groups is 1. The predicted octanol–water partition coefficient (Wildman–Crippen LogP) is 4.22. The number of nitrogens with one attached hydrogen (secondary N) is 1. The number of aromatic hydroxyl groups is 1. The average molecular weight is 368 g/mol. The second-order valence-electron chi connectivity index (χ2n) is 5.88. The highest BCUT2D eigenvalue weighted by molar-refractivity contribution is 6.30. The number of phenols is 1. The normalized spacial score (nSPS) is 11.0. The predicted molar refractivity (Wildman–Crippen MR) is 103 cm³/mol. The maximum Gasteiger partial charge on any atom is 0.271 e. The van der Waals surface area contributed by atoms with Crippen molar-refractivity contribution in [1.82, 2.24) is 9.99 Å². The van der Waals surface area contributed by atoms with Crippen LogP contribution in [-0.2, 0) is 0 Å². The Labute approximate surface area is 156 Å². The molecule has 0 saturated carbocycles. The lowest BCUT2D eigenvalue weighted by molar-refractivity contribution is 0.0955. The number of amides is 1. The minimum Gasteiger partial charge on any atom is -0.508 e. The van der Waals surface area contributed by atoms with Gasteiger partial charge in [0.1, 0.15) is 5.75 Å². The third-order valence-corrected chi connectivity index (χ3v) is 4.31. The third-order valence-electron chi connectivity index (χ3n) is 4.05. The molecule has 1 heterocycles.